The van der Waals surface area contributed by atoms with Crippen LogP contribution in [0.5, 0.6) is 0 Å². The van der Waals surface area contributed by atoms with Crippen molar-refractivity contribution < 1.29 is 4.42 Å². The quantitative estimate of drug-likeness (QED) is 0.190. The summed E-state index contributed by atoms with van der Waals surface area (Å²) >= 11 is 0. The standard InChI is InChI=1S/C46H28N4O/c1-2-15-29(16-3-1)30-22-14-23-34-33-19-6-9-24-37(33)49(44(30)34)40-27-12-7-20-35(40)42-45-43(36-21-8-13-28-41(36)51-45)48-46(47-42)50-38-25-10-4-17-31(38)32-18-5-11-26-39(32)50/h1-28H. The Hall–Kier alpha value is -6.98. The second kappa shape index (κ2) is 10.8. The van der Waals surface area contributed by atoms with Crippen LogP contribution in [0.4, 0.5) is 0 Å². The van der Waals surface area contributed by atoms with E-state index >= 15 is 0 Å². The van der Waals surface area contributed by atoms with Crippen molar-refractivity contribution in [3.05, 3.63) is 170 Å². The number of hydrogen-bond acceptors (Lipinski definition) is 3. The number of hydrogen-bond donors (Lipinski definition) is 0. The van der Waals surface area contributed by atoms with E-state index in [2.05, 4.69) is 161 Å². The van der Waals surface area contributed by atoms with Gasteiger partial charge in [-0.25, -0.2) is 9.97 Å². The van der Waals surface area contributed by atoms with Gasteiger partial charge in [-0.3, -0.25) is 4.57 Å². The summed E-state index contributed by atoms with van der Waals surface area (Å²) in [5.74, 6) is 0.600. The van der Waals surface area contributed by atoms with Gasteiger partial charge in [-0.05, 0) is 42.0 Å². The van der Waals surface area contributed by atoms with Gasteiger partial charge in [0.1, 0.15) is 16.8 Å². The zero-order valence-corrected chi connectivity index (χ0v) is 27.4. The first-order valence-electron chi connectivity index (χ1n) is 17.2. The van der Waals surface area contributed by atoms with Crippen LogP contribution in [0.2, 0.25) is 0 Å². The molecule has 0 aliphatic heterocycles. The molecule has 0 unspecified atom stereocenters. The van der Waals surface area contributed by atoms with E-state index in [0.29, 0.717) is 11.5 Å². The fourth-order valence-electron chi connectivity index (χ4n) is 7.99. The Morgan fingerprint density at radius 3 is 1.71 bits per heavy atom. The molecule has 0 aliphatic rings. The predicted octanol–water partition coefficient (Wildman–Crippen LogP) is 11.9. The maximum absolute atomic E-state index is 6.68. The average Bonchev–Trinajstić information content (AvgIpc) is 3.86. The number of benzene rings is 7. The van der Waals surface area contributed by atoms with Crippen LogP contribution in [0.3, 0.4) is 0 Å². The van der Waals surface area contributed by atoms with Crippen molar-refractivity contribution >= 4 is 65.7 Å². The minimum atomic E-state index is 0.600. The highest BCUT2D eigenvalue weighted by Crippen LogP contribution is 2.43. The number of rotatable bonds is 4. The van der Waals surface area contributed by atoms with Gasteiger partial charge in [0, 0.05) is 38.1 Å². The summed E-state index contributed by atoms with van der Waals surface area (Å²) in [6.07, 6.45) is 0. The first-order chi connectivity index (χ1) is 25.3. The number of furan rings is 1. The maximum atomic E-state index is 6.68. The Labute approximate surface area is 292 Å². The Balaban J connectivity index is 1.28. The smallest absolute Gasteiger partial charge is 0.236 e. The lowest BCUT2D eigenvalue weighted by Crippen LogP contribution is -2.04. The van der Waals surface area contributed by atoms with Crippen LogP contribution in [0.15, 0.2) is 174 Å². The normalized spacial score (nSPS) is 11.9. The summed E-state index contributed by atoms with van der Waals surface area (Å²) in [5, 5.41) is 5.68. The molecule has 0 N–H and O–H groups in total. The summed E-state index contributed by atoms with van der Waals surface area (Å²) in [6, 6.07) is 59.5. The molecule has 238 valence electrons. The van der Waals surface area contributed by atoms with Gasteiger partial charge in [0.2, 0.25) is 5.95 Å². The summed E-state index contributed by atoms with van der Waals surface area (Å²) in [5.41, 5.74) is 11.7. The molecule has 5 nitrogen and oxygen atoms in total. The molecule has 11 rings (SSSR count). The largest absolute Gasteiger partial charge is 0.452 e. The number of aromatic nitrogens is 4. The van der Waals surface area contributed by atoms with Crippen LogP contribution in [0.1, 0.15) is 0 Å². The zero-order chi connectivity index (χ0) is 33.5. The molecule has 0 aliphatic carbocycles. The van der Waals surface area contributed by atoms with E-state index < -0.39 is 0 Å². The Morgan fingerprint density at radius 1 is 0.412 bits per heavy atom. The van der Waals surface area contributed by atoms with Crippen LogP contribution in [-0.4, -0.2) is 19.1 Å². The fraction of sp³-hybridized carbons (Fsp3) is 0. The third-order valence-corrected chi connectivity index (χ3v) is 10.2. The van der Waals surface area contributed by atoms with Gasteiger partial charge >= 0.3 is 0 Å². The van der Waals surface area contributed by atoms with Gasteiger partial charge in [0.15, 0.2) is 5.58 Å². The molecule has 0 saturated carbocycles. The molecule has 0 bridgehead atoms. The predicted molar refractivity (Wildman–Crippen MR) is 209 cm³/mol. The van der Waals surface area contributed by atoms with Crippen molar-refractivity contribution in [3.8, 4) is 34.0 Å². The van der Waals surface area contributed by atoms with Gasteiger partial charge in [0.25, 0.3) is 0 Å². The lowest BCUT2D eigenvalue weighted by atomic mass is 10.0. The molecule has 0 saturated heterocycles. The second-order valence-electron chi connectivity index (χ2n) is 13.0. The van der Waals surface area contributed by atoms with Gasteiger partial charge < -0.3 is 8.98 Å². The van der Waals surface area contributed by atoms with E-state index in [-0.39, 0.29) is 0 Å². The lowest BCUT2D eigenvalue weighted by molar-refractivity contribution is 0.666. The minimum absolute atomic E-state index is 0.600. The lowest BCUT2D eigenvalue weighted by Gasteiger charge is -2.16. The second-order valence-corrected chi connectivity index (χ2v) is 13.0. The van der Waals surface area contributed by atoms with Gasteiger partial charge in [-0.2, -0.15) is 0 Å². The van der Waals surface area contributed by atoms with Crippen LogP contribution >= 0.6 is 0 Å². The van der Waals surface area contributed by atoms with Gasteiger partial charge in [-0.1, -0.05) is 133 Å². The van der Waals surface area contributed by atoms with E-state index in [1.54, 1.807) is 0 Å². The molecular weight excluding hydrogens is 625 g/mol. The summed E-state index contributed by atoms with van der Waals surface area (Å²) in [4.78, 5) is 10.8. The third-order valence-electron chi connectivity index (χ3n) is 10.2. The Kier molecular flexibility index (Phi) is 5.89. The van der Waals surface area contributed by atoms with Crippen molar-refractivity contribution in [1.82, 2.24) is 19.1 Å². The number of nitrogens with zero attached hydrogens (tertiary/aromatic N) is 4. The molecule has 0 atom stereocenters. The minimum Gasteiger partial charge on any atom is -0.452 e. The third kappa shape index (κ3) is 4.03. The van der Waals surface area contributed by atoms with Gasteiger partial charge in [-0.15, -0.1) is 0 Å². The Bertz CT molecular complexity index is 3090. The van der Waals surface area contributed by atoms with E-state index in [4.69, 9.17) is 14.4 Å². The topological polar surface area (TPSA) is 48.8 Å². The van der Waals surface area contributed by atoms with Crippen LogP contribution in [-0.2, 0) is 0 Å². The van der Waals surface area contributed by atoms with Crippen molar-refractivity contribution in [2.75, 3.05) is 0 Å². The molecule has 0 fully saturated rings. The Morgan fingerprint density at radius 2 is 0.961 bits per heavy atom. The SMILES string of the molecule is c1ccc(-c2cccc3c4ccccc4n(-c4ccccc4-c4nc(-n5c6ccccc6c6ccccc65)nc5c4oc4ccccc45)c23)cc1. The molecule has 0 spiro atoms. The summed E-state index contributed by atoms with van der Waals surface area (Å²) in [7, 11) is 0. The molecule has 4 aromatic heterocycles. The molecular formula is C46H28N4O. The van der Waals surface area contributed by atoms with E-state index in [1.165, 1.54) is 21.9 Å². The molecule has 0 radical (unpaired) electrons. The zero-order valence-electron chi connectivity index (χ0n) is 27.4. The van der Waals surface area contributed by atoms with Crippen molar-refractivity contribution in [3.63, 3.8) is 0 Å². The number of fused-ring (bicyclic) bond motifs is 9. The van der Waals surface area contributed by atoms with E-state index in [1.807, 2.05) is 18.2 Å². The highest BCUT2D eigenvalue weighted by Gasteiger charge is 2.24. The molecule has 5 heteroatoms. The molecule has 7 aromatic carbocycles. The van der Waals surface area contributed by atoms with Crippen molar-refractivity contribution in [1.29, 1.82) is 0 Å². The van der Waals surface area contributed by atoms with Crippen LogP contribution in [0.25, 0.3) is 99.7 Å². The van der Waals surface area contributed by atoms with Crippen molar-refractivity contribution in [2.45, 2.75) is 0 Å². The average molecular weight is 653 g/mol. The first kappa shape index (κ1) is 27.9. The molecule has 11 aromatic rings. The highest BCUT2D eigenvalue weighted by molar-refractivity contribution is 6.15. The van der Waals surface area contributed by atoms with Crippen molar-refractivity contribution in [2.24, 2.45) is 0 Å². The molecule has 4 heterocycles. The summed E-state index contributed by atoms with van der Waals surface area (Å²) < 4.78 is 11.3. The number of para-hydroxylation sites is 6. The maximum Gasteiger partial charge on any atom is 0.236 e. The van der Waals surface area contributed by atoms with Gasteiger partial charge in [0.05, 0.1) is 27.8 Å². The highest BCUT2D eigenvalue weighted by atomic mass is 16.3. The molecule has 0 amide bonds. The monoisotopic (exact) mass is 652 g/mol. The van der Waals surface area contributed by atoms with Crippen LogP contribution in [0, 0.1) is 0 Å². The van der Waals surface area contributed by atoms with E-state index in [9.17, 15) is 0 Å². The van der Waals surface area contributed by atoms with E-state index in [0.717, 1.165) is 66.3 Å². The molecule has 51 heavy (non-hydrogen) atoms. The fourth-order valence-corrected chi connectivity index (χ4v) is 7.99. The van der Waals surface area contributed by atoms with Crippen LogP contribution < -0.4 is 0 Å². The first-order valence-corrected chi connectivity index (χ1v) is 17.2. The summed E-state index contributed by atoms with van der Waals surface area (Å²) in [6.45, 7) is 0.